The fourth-order valence-electron chi connectivity index (χ4n) is 4.42. The second-order valence-corrected chi connectivity index (χ2v) is 8.51. The van der Waals surface area contributed by atoms with Crippen LogP contribution >= 0.6 is 23.2 Å². The van der Waals surface area contributed by atoms with Gasteiger partial charge in [-0.25, -0.2) is 4.98 Å². The molecule has 1 unspecified atom stereocenters. The Kier molecular flexibility index (Phi) is 5.06. The highest BCUT2D eigenvalue weighted by Crippen LogP contribution is 2.44. The van der Waals surface area contributed by atoms with Crippen LogP contribution in [-0.2, 0) is 21.7 Å². The van der Waals surface area contributed by atoms with Gasteiger partial charge in [0.2, 0.25) is 5.91 Å². The lowest BCUT2D eigenvalue weighted by atomic mass is 10.00. The molecule has 1 aromatic carbocycles. The molecule has 2 aromatic rings. The van der Waals surface area contributed by atoms with Crippen LogP contribution in [0.3, 0.4) is 0 Å². The maximum atomic E-state index is 14.3. The zero-order valence-electron chi connectivity index (χ0n) is 15.3. The molecule has 4 rings (SSSR count). The summed E-state index contributed by atoms with van der Waals surface area (Å²) in [5.41, 5.74) is -3.15. The van der Waals surface area contributed by atoms with Crippen molar-refractivity contribution in [3.05, 3.63) is 28.0 Å². The van der Waals surface area contributed by atoms with Crippen LogP contribution in [0.4, 0.5) is 13.2 Å². The number of carbonyl (C=O) groups excluding carboxylic acids is 2. The number of halogens is 5. The zero-order chi connectivity index (χ0) is 21.0. The van der Waals surface area contributed by atoms with Gasteiger partial charge in [0.1, 0.15) is 11.3 Å². The number of fused-ring (bicyclic) bond motifs is 3. The lowest BCUT2D eigenvalue weighted by molar-refractivity contribution is -0.218. The van der Waals surface area contributed by atoms with Gasteiger partial charge in [-0.15, -0.1) is 0 Å². The number of hydrogen-bond donors (Lipinski definition) is 1. The molecule has 1 aliphatic heterocycles. The standard InChI is InChI=1S/C19H18Cl2F3N3O2/c20-11-7-12(21)17-13(8-11)27-15(25-17)9-14(28)18(27,19(22,23)24)26-16(29)6-5-10-3-1-2-4-10/h7-8,10H,1-6,9H2,(H,26,29). The maximum absolute atomic E-state index is 14.3. The zero-order valence-corrected chi connectivity index (χ0v) is 16.8. The molecule has 0 spiro atoms. The third-order valence-electron chi connectivity index (χ3n) is 5.79. The summed E-state index contributed by atoms with van der Waals surface area (Å²) in [6.07, 6.45) is -1.10. The molecule has 1 aliphatic carbocycles. The lowest BCUT2D eigenvalue weighted by Gasteiger charge is -2.33. The van der Waals surface area contributed by atoms with E-state index in [1.54, 1.807) is 0 Å². The van der Waals surface area contributed by atoms with Crippen LogP contribution in [0.1, 0.15) is 44.3 Å². The first kappa shape index (κ1) is 20.5. The predicted molar refractivity (Wildman–Crippen MR) is 102 cm³/mol. The minimum atomic E-state index is -5.07. The Hall–Kier alpha value is -1.80. The van der Waals surface area contributed by atoms with E-state index in [0.717, 1.165) is 30.3 Å². The molecule has 0 radical (unpaired) electrons. The Balaban J connectivity index is 1.75. The van der Waals surface area contributed by atoms with Gasteiger partial charge in [0.05, 0.1) is 17.0 Å². The molecule has 29 heavy (non-hydrogen) atoms. The summed E-state index contributed by atoms with van der Waals surface area (Å²) in [5, 5.41) is 2.18. The third-order valence-corrected chi connectivity index (χ3v) is 6.30. The van der Waals surface area contributed by atoms with E-state index >= 15 is 0 Å². The van der Waals surface area contributed by atoms with Crippen LogP contribution in [0.25, 0.3) is 11.0 Å². The lowest BCUT2D eigenvalue weighted by Crippen LogP contribution is -2.62. The van der Waals surface area contributed by atoms with Gasteiger partial charge >= 0.3 is 6.18 Å². The van der Waals surface area contributed by atoms with E-state index in [2.05, 4.69) is 4.98 Å². The quantitative estimate of drug-likeness (QED) is 0.733. The van der Waals surface area contributed by atoms with Gasteiger partial charge < -0.3 is 5.32 Å². The average Bonchev–Trinajstić information content (AvgIpc) is 3.30. The molecule has 1 fully saturated rings. The Morgan fingerprint density at radius 3 is 2.62 bits per heavy atom. The van der Waals surface area contributed by atoms with Crippen molar-refractivity contribution in [1.29, 1.82) is 0 Å². The van der Waals surface area contributed by atoms with Gasteiger partial charge in [-0.2, -0.15) is 13.2 Å². The minimum absolute atomic E-state index is 0.0447. The first-order chi connectivity index (χ1) is 13.6. The van der Waals surface area contributed by atoms with Crippen molar-refractivity contribution >= 4 is 45.9 Å². The number of hydrogen-bond acceptors (Lipinski definition) is 3. The van der Waals surface area contributed by atoms with Crippen molar-refractivity contribution in [2.24, 2.45) is 5.92 Å². The van der Waals surface area contributed by atoms with Gasteiger partial charge in [0.25, 0.3) is 5.66 Å². The third kappa shape index (κ3) is 3.30. The molecule has 0 saturated heterocycles. The molecule has 10 heteroatoms. The number of rotatable bonds is 4. The number of amides is 1. The monoisotopic (exact) mass is 447 g/mol. The molecule has 2 aliphatic rings. The fourth-order valence-corrected chi connectivity index (χ4v) is 4.95. The van der Waals surface area contributed by atoms with E-state index in [9.17, 15) is 22.8 Å². The number of nitrogens with zero attached hydrogens (tertiary/aromatic N) is 2. The number of benzene rings is 1. The molecule has 5 nitrogen and oxygen atoms in total. The number of alkyl halides is 3. The SMILES string of the molecule is O=C(CCC1CCCC1)NC1(C(F)(F)F)C(=O)Cc2nc3c(Cl)cc(Cl)cc3n21. The van der Waals surface area contributed by atoms with Crippen molar-refractivity contribution in [3.8, 4) is 0 Å². The van der Waals surface area contributed by atoms with Crippen molar-refractivity contribution in [3.63, 3.8) is 0 Å². The normalized spacial score (nSPS) is 22.4. The van der Waals surface area contributed by atoms with E-state index in [-0.39, 0.29) is 33.3 Å². The summed E-state index contributed by atoms with van der Waals surface area (Å²) in [6, 6.07) is 2.63. The molecular weight excluding hydrogens is 430 g/mol. The molecule has 1 N–H and O–H groups in total. The first-order valence-electron chi connectivity index (χ1n) is 9.41. The molecule has 1 atom stereocenters. The van der Waals surface area contributed by atoms with E-state index < -0.39 is 30.0 Å². The molecule has 0 bridgehead atoms. The van der Waals surface area contributed by atoms with Crippen molar-refractivity contribution in [1.82, 2.24) is 14.9 Å². The largest absolute Gasteiger partial charge is 0.438 e. The van der Waals surface area contributed by atoms with E-state index in [4.69, 9.17) is 23.2 Å². The summed E-state index contributed by atoms with van der Waals surface area (Å²) in [6.45, 7) is 0. The van der Waals surface area contributed by atoms with Crippen LogP contribution in [0, 0.1) is 5.92 Å². The van der Waals surface area contributed by atoms with Crippen LogP contribution in [0.2, 0.25) is 10.0 Å². The summed E-state index contributed by atoms with van der Waals surface area (Å²) >= 11 is 12.1. The second kappa shape index (κ2) is 7.16. The Bertz CT molecular complexity index is 999. The Morgan fingerprint density at radius 2 is 1.97 bits per heavy atom. The van der Waals surface area contributed by atoms with Gasteiger partial charge in [0.15, 0.2) is 5.78 Å². The predicted octanol–water partition coefficient (Wildman–Crippen LogP) is 4.77. The van der Waals surface area contributed by atoms with Crippen molar-refractivity contribution in [2.45, 2.75) is 56.8 Å². The number of ketones is 1. The number of nitrogens with one attached hydrogen (secondary N) is 1. The highest BCUT2D eigenvalue weighted by Gasteiger charge is 2.66. The van der Waals surface area contributed by atoms with Crippen LogP contribution < -0.4 is 5.32 Å². The molecule has 1 amide bonds. The molecule has 2 heterocycles. The van der Waals surface area contributed by atoms with Gasteiger partial charge in [-0.3, -0.25) is 14.2 Å². The Morgan fingerprint density at radius 1 is 1.28 bits per heavy atom. The molecule has 156 valence electrons. The number of imidazole rings is 1. The molecular formula is C19H18Cl2F3N3O2. The van der Waals surface area contributed by atoms with Crippen LogP contribution in [-0.4, -0.2) is 27.4 Å². The maximum Gasteiger partial charge on any atom is 0.438 e. The van der Waals surface area contributed by atoms with Gasteiger partial charge in [0, 0.05) is 11.4 Å². The topological polar surface area (TPSA) is 64.0 Å². The van der Waals surface area contributed by atoms with Crippen molar-refractivity contribution in [2.75, 3.05) is 0 Å². The number of carbonyl (C=O) groups is 2. The fraction of sp³-hybridized carbons (Fsp3) is 0.526. The average molecular weight is 448 g/mol. The first-order valence-corrected chi connectivity index (χ1v) is 10.2. The highest BCUT2D eigenvalue weighted by atomic mass is 35.5. The Labute approximate surface area is 174 Å². The minimum Gasteiger partial charge on any atom is -0.319 e. The summed E-state index contributed by atoms with van der Waals surface area (Å²) < 4.78 is 43.6. The van der Waals surface area contributed by atoms with E-state index in [1.807, 2.05) is 5.32 Å². The van der Waals surface area contributed by atoms with E-state index in [0.29, 0.717) is 12.3 Å². The van der Waals surface area contributed by atoms with E-state index in [1.165, 1.54) is 12.1 Å². The number of aromatic nitrogens is 2. The van der Waals surface area contributed by atoms with Crippen LogP contribution in [0.15, 0.2) is 12.1 Å². The molecule has 1 aromatic heterocycles. The van der Waals surface area contributed by atoms with Gasteiger partial charge in [-0.1, -0.05) is 48.9 Å². The summed E-state index contributed by atoms with van der Waals surface area (Å²) in [7, 11) is 0. The van der Waals surface area contributed by atoms with Gasteiger partial charge in [-0.05, 0) is 24.5 Å². The molecule has 1 saturated carbocycles. The summed E-state index contributed by atoms with van der Waals surface area (Å²) in [5.74, 6) is -1.77. The van der Waals surface area contributed by atoms with Crippen molar-refractivity contribution < 1.29 is 22.8 Å². The highest BCUT2D eigenvalue weighted by molar-refractivity contribution is 6.38. The number of Topliss-reactive ketones (excluding diaryl/α,β-unsaturated/α-hetero) is 1. The smallest absolute Gasteiger partial charge is 0.319 e. The second-order valence-electron chi connectivity index (χ2n) is 7.66. The summed E-state index contributed by atoms with van der Waals surface area (Å²) in [4.78, 5) is 29.2. The van der Waals surface area contributed by atoms with Crippen LogP contribution in [0.5, 0.6) is 0 Å².